The summed E-state index contributed by atoms with van der Waals surface area (Å²) in [6, 6.07) is 7.14. The minimum absolute atomic E-state index is 0.218. The normalized spacial score (nSPS) is 15.3. The number of anilines is 1. The topological polar surface area (TPSA) is 52.7 Å². The van der Waals surface area contributed by atoms with Crippen molar-refractivity contribution in [3.8, 4) is 0 Å². The minimum atomic E-state index is -0.218. The number of hydrogen-bond donors (Lipinski definition) is 1. The Balaban J connectivity index is 2.19. The van der Waals surface area contributed by atoms with Crippen LogP contribution in [0.5, 0.6) is 0 Å². The number of nitrogens with zero attached hydrogens (tertiary/aromatic N) is 2. The Morgan fingerprint density at radius 3 is 2.76 bits per heavy atom. The van der Waals surface area contributed by atoms with E-state index in [0.717, 1.165) is 31.4 Å². The maximum absolute atomic E-state index is 12.9. The van der Waals surface area contributed by atoms with Crippen LogP contribution in [0.1, 0.15) is 26.2 Å². The molecule has 1 fully saturated rings. The van der Waals surface area contributed by atoms with Crippen LogP contribution in [0.4, 0.5) is 5.69 Å². The molecule has 5 nitrogen and oxygen atoms in total. The summed E-state index contributed by atoms with van der Waals surface area (Å²) in [5.74, 6) is -0.218. The molecule has 0 aromatic heterocycles. The van der Waals surface area contributed by atoms with E-state index in [1.807, 2.05) is 23.1 Å². The monoisotopic (exact) mass is 361 g/mol. The third-order valence-corrected chi connectivity index (χ3v) is 4.40. The molecule has 1 aromatic carbocycles. The summed E-state index contributed by atoms with van der Waals surface area (Å²) in [7, 11) is 0. The zero-order valence-corrected chi connectivity index (χ0v) is 15.3. The second-order valence-electron chi connectivity index (χ2n) is 5.96. The fourth-order valence-electron chi connectivity index (χ4n) is 2.68. The van der Waals surface area contributed by atoms with E-state index >= 15 is 0 Å². The maximum Gasteiger partial charge on any atom is 0.271 e. The maximum atomic E-state index is 12.9. The van der Waals surface area contributed by atoms with Gasteiger partial charge in [0.1, 0.15) is 5.70 Å². The lowest BCUT2D eigenvalue weighted by Gasteiger charge is -2.36. The van der Waals surface area contributed by atoms with Gasteiger partial charge in [-0.1, -0.05) is 49.7 Å². The molecule has 0 radical (unpaired) electrons. The molecule has 0 unspecified atom stereocenters. The van der Waals surface area contributed by atoms with Crippen LogP contribution in [0.3, 0.4) is 0 Å². The number of halogens is 1. The lowest BCUT2D eigenvalue weighted by Crippen LogP contribution is -2.45. The Morgan fingerprint density at radius 2 is 2.12 bits per heavy atom. The summed E-state index contributed by atoms with van der Waals surface area (Å²) < 4.78 is 0. The molecule has 134 valence electrons. The second kappa shape index (κ2) is 9.28. The quantitative estimate of drug-likeness (QED) is 0.458. The van der Waals surface area contributed by atoms with Gasteiger partial charge in [0.2, 0.25) is 6.41 Å². The summed E-state index contributed by atoms with van der Waals surface area (Å²) in [6.45, 7) is 7.67. The summed E-state index contributed by atoms with van der Waals surface area (Å²) in [4.78, 5) is 27.4. The zero-order chi connectivity index (χ0) is 18.2. The van der Waals surface area contributed by atoms with Crippen molar-refractivity contribution in [3.63, 3.8) is 0 Å². The van der Waals surface area contributed by atoms with Gasteiger partial charge in [0.25, 0.3) is 5.91 Å². The molecule has 2 rings (SSSR count). The van der Waals surface area contributed by atoms with Crippen LogP contribution in [0.15, 0.2) is 48.3 Å². The van der Waals surface area contributed by atoms with Crippen molar-refractivity contribution in [1.29, 1.82) is 0 Å². The van der Waals surface area contributed by atoms with Crippen LogP contribution in [-0.2, 0) is 9.59 Å². The highest BCUT2D eigenvalue weighted by Gasteiger charge is 2.25. The van der Waals surface area contributed by atoms with Gasteiger partial charge < -0.3 is 15.1 Å². The van der Waals surface area contributed by atoms with E-state index < -0.39 is 0 Å². The molecule has 1 aliphatic rings. The Kier molecular flexibility index (Phi) is 7.07. The average molecular weight is 362 g/mol. The molecule has 1 N–H and O–H groups in total. The number of piperazine rings is 1. The number of amides is 2. The van der Waals surface area contributed by atoms with Crippen LogP contribution in [-0.4, -0.2) is 41.8 Å². The van der Waals surface area contributed by atoms with Gasteiger partial charge in [-0.15, -0.1) is 0 Å². The van der Waals surface area contributed by atoms with Crippen molar-refractivity contribution >= 4 is 29.6 Å². The smallest absolute Gasteiger partial charge is 0.271 e. The van der Waals surface area contributed by atoms with Crippen LogP contribution in [0.25, 0.3) is 0 Å². The fourth-order valence-corrected chi connectivity index (χ4v) is 2.87. The van der Waals surface area contributed by atoms with Gasteiger partial charge in [0, 0.05) is 18.8 Å². The van der Waals surface area contributed by atoms with Gasteiger partial charge in [-0.05, 0) is 25.0 Å². The molecule has 25 heavy (non-hydrogen) atoms. The lowest BCUT2D eigenvalue weighted by atomic mass is 10.1. The Morgan fingerprint density at radius 1 is 1.36 bits per heavy atom. The molecule has 0 spiro atoms. The third-order valence-electron chi connectivity index (χ3n) is 4.07. The molecule has 1 heterocycles. The number of hydrogen-bond acceptors (Lipinski definition) is 3. The highest BCUT2D eigenvalue weighted by Crippen LogP contribution is 2.24. The van der Waals surface area contributed by atoms with E-state index in [1.54, 1.807) is 17.0 Å². The van der Waals surface area contributed by atoms with Gasteiger partial charge in [0.15, 0.2) is 0 Å². The number of nitrogens with one attached hydrogen (secondary N) is 1. The molecule has 0 aliphatic carbocycles. The first-order valence-corrected chi connectivity index (χ1v) is 8.85. The van der Waals surface area contributed by atoms with Crippen molar-refractivity contribution in [2.45, 2.75) is 26.2 Å². The highest BCUT2D eigenvalue weighted by molar-refractivity contribution is 6.33. The van der Waals surface area contributed by atoms with Gasteiger partial charge in [-0.2, -0.15) is 0 Å². The van der Waals surface area contributed by atoms with E-state index in [4.69, 9.17) is 11.6 Å². The minimum Gasteiger partial charge on any atom is -0.338 e. The number of carbonyl (C=O) groups excluding carboxylic acids is 2. The lowest BCUT2D eigenvalue weighted by molar-refractivity contribution is -0.118. The van der Waals surface area contributed by atoms with Crippen LogP contribution in [0.2, 0.25) is 5.02 Å². The molecule has 2 amide bonds. The molecule has 1 saturated heterocycles. The summed E-state index contributed by atoms with van der Waals surface area (Å²) in [6.07, 6.45) is 5.62. The molecule has 6 heteroatoms. The number of carbonyl (C=O) groups is 2. The van der Waals surface area contributed by atoms with Crippen LogP contribution in [0, 0.1) is 0 Å². The van der Waals surface area contributed by atoms with E-state index in [0.29, 0.717) is 36.0 Å². The van der Waals surface area contributed by atoms with Crippen LogP contribution >= 0.6 is 11.6 Å². The molecule has 0 saturated carbocycles. The summed E-state index contributed by atoms with van der Waals surface area (Å²) in [5.41, 5.74) is 1.87. The average Bonchev–Trinajstić information content (AvgIpc) is 2.61. The van der Waals surface area contributed by atoms with Crippen molar-refractivity contribution in [2.75, 3.05) is 25.0 Å². The molecular formula is C19H24ClN3O2. The molecular weight excluding hydrogens is 338 g/mol. The predicted octanol–water partition coefficient (Wildman–Crippen LogP) is 3.64. The molecule has 0 bridgehead atoms. The fraction of sp³-hybridized carbons (Fsp3) is 0.368. The predicted molar refractivity (Wildman–Crippen MR) is 101 cm³/mol. The van der Waals surface area contributed by atoms with E-state index in [-0.39, 0.29) is 5.91 Å². The zero-order valence-electron chi connectivity index (χ0n) is 14.5. The van der Waals surface area contributed by atoms with E-state index in [9.17, 15) is 9.59 Å². The largest absolute Gasteiger partial charge is 0.338 e. The van der Waals surface area contributed by atoms with Crippen molar-refractivity contribution in [1.82, 2.24) is 9.80 Å². The number of unbranched alkanes of at least 4 members (excludes halogenated alkanes) is 2. The Bertz CT molecular complexity index is 672. The van der Waals surface area contributed by atoms with Gasteiger partial charge in [0.05, 0.1) is 17.3 Å². The van der Waals surface area contributed by atoms with Gasteiger partial charge in [-0.3, -0.25) is 9.59 Å². The molecule has 0 atom stereocenters. The molecule has 1 aliphatic heterocycles. The number of para-hydroxylation sites is 1. The Labute approximate surface area is 153 Å². The first kappa shape index (κ1) is 19.1. The highest BCUT2D eigenvalue weighted by atomic mass is 35.5. The SMILES string of the molecule is C=C1CN(C=O)CCN1/C(=C\CCCC)C(=O)Nc1ccccc1Cl. The van der Waals surface area contributed by atoms with E-state index in [1.165, 1.54) is 0 Å². The van der Waals surface area contributed by atoms with Gasteiger partial charge >= 0.3 is 0 Å². The van der Waals surface area contributed by atoms with E-state index in [2.05, 4.69) is 18.8 Å². The number of rotatable bonds is 7. The summed E-state index contributed by atoms with van der Waals surface area (Å²) in [5, 5.41) is 3.37. The standard InChI is InChI=1S/C19H24ClN3O2/c1-3-4-5-10-18(23-12-11-22(14-24)13-15(23)2)19(25)21-17-9-7-6-8-16(17)20/h6-10,14H,2-5,11-13H2,1H3,(H,21,25)/b18-10-. The third kappa shape index (κ3) is 5.10. The molecule has 1 aromatic rings. The number of benzene rings is 1. The van der Waals surface area contributed by atoms with Crippen LogP contribution < -0.4 is 5.32 Å². The second-order valence-corrected chi connectivity index (χ2v) is 6.37. The number of allylic oxidation sites excluding steroid dienone is 1. The Hall–Kier alpha value is -2.27. The van der Waals surface area contributed by atoms with Crippen molar-refractivity contribution in [2.24, 2.45) is 0 Å². The first-order valence-electron chi connectivity index (χ1n) is 8.47. The first-order chi connectivity index (χ1) is 12.1. The van der Waals surface area contributed by atoms with Crippen molar-refractivity contribution < 1.29 is 9.59 Å². The summed E-state index contributed by atoms with van der Waals surface area (Å²) >= 11 is 6.14. The van der Waals surface area contributed by atoms with Gasteiger partial charge in [-0.25, -0.2) is 0 Å². The van der Waals surface area contributed by atoms with Crippen molar-refractivity contribution in [3.05, 3.63) is 53.3 Å².